The van der Waals surface area contributed by atoms with Crippen LogP contribution in [0.4, 0.5) is 11.4 Å². The van der Waals surface area contributed by atoms with Gasteiger partial charge in [-0.2, -0.15) is 0 Å². The third-order valence-electron chi connectivity index (χ3n) is 4.82. The summed E-state index contributed by atoms with van der Waals surface area (Å²) >= 11 is 0. The molecule has 2 heteroatoms. The molecule has 2 heterocycles. The Labute approximate surface area is 127 Å². The third-order valence-corrected chi connectivity index (χ3v) is 4.82. The highest BCUT2D eigenvalue weighted by Crippen LogP contribution is 2.33. The van der Waals surface area contributed by atoms with Crippen LogP contribution in [-0.2, 0) is 0 Å². The lowest BCUT2D eigenvalue weighted by atomic mass is 9.84. The van der Waals surface area contributed by atoms with Crippen molar-refractivity contribution >= 4 is 11.4 Å². The van der Waals surface area contributed by atoms with Crippen LogP contribution in [0.15, 0.2) is 60.7 Å². The molecular weight excluding hydrogens is 256 g/mol. The minimum atomic E-state index is 0.790. The molecule has 0 unspecified atom stereocenters. The highest BCUT2D eigenvalue weighted by Gasteiger charge is 2.34. The van der Waals surface area contributed by atoms with E-state index >= 15 is 0 Å². The summed E-state index contributed by atoms with van der Waals surface area (Å²) < 4.78 is 0. The van der Waals surface area contributed by atoms with Gasteiger partial charge < -0.3 is 9.80 Å². The van der Waals surface area contributed by atoms with E-state index in [1.807, 2.05) is 0 Å². The Morgan fingerprint density at radius 2 is 0.952 bits per heavy atom. The van der Waals surface area contributed by atoms with E-state index in [1.165, 1.54) is 44.0 Å². The number of rotatable bonds is 2. The van der Waals surface area contributed by atoms with E-state index in [9.17, 15) is 0 Å². The molecule has 2 saturated heterocycles. The van der Waals surface area contributed by atoms with Gasteiger partial charge in [-0.15, -0.1) is 0 Å². The summed E-state index contributed by atoms with van der Waals surface area (Å²) in [7, 11) is 0. The Morgan fingerprint density at radius 3 is 1.33 bits per heavy atom. The molecule has 2 aromatic rings. The molecule has 108 valence electrons. The topological polar surface area (TPSA) is 6.48 Å². The molecule has 0 aliphatic carbocycles. The van der Waals surface area contributed by atoms with Gasteiger partial charge in [0.1, 0.15) is 0 Å². The molecule has 2 bridgehead atoms. The van der Waals surface area contributed by atoms with Crippen molar-refractivity contribution in [3.63, 3.8) is 0 Å². The fraction of sp³-hybridized carbons (Fsp3) is 0.368. The lowest BCUT2D eigenvalue weighted by Gasteiger charge is -2.47. The van der Waals surface area contributed by atoms with Gasteiger partial charge in [-0.1, -0.05) is 36.4 Å². The van der Waals surface area contributed by atoms with Crippen molar-refractivity contribution in [2.45, 2.75) is 6.42 Å². The molecule has 2 fully saturated rings. The predicted molar refractivity (Wildman–Crippen MR) is 88.9 cm³/mol. The number of benzene rings is 2. The molecule has 2 nitrogen and oxygen atoms in total. The average molecular weight is 278 g/mol. The van der Waals surface area contributed by atoms with Crippen LogP contribution in [0.2, 0.25) is 0 Å². The molecule has 2 aliphatic rings. The van der Waals surface area contributed by atoms with Crippen LogP contribution in [-0.4, -0.2) is 26.2 Å². The molecule has 2 aliphatic heterocycles. The lowest BCUT2D eigenvalue weighted by Crippen LogP contribution is -2.53. The van der Waals surface area contributed by atoms with Crippen molar-refractivity contribution in [2.75, 3.05) is 36.0 Å². The Kier molecular flexibility index (Phi) is 3.30. The number of hydrogen-bond acceptors (Lipinski definition) is 2. The summed E-state index contributed by atoms with van der Waals surface area (Å²) in [6.45, 7) is 4.79. The fourth-order valence-electron chi connectivity index (χ4n) is 3.98. The van der Waals surface area contributed by atoms with Crippen LogP contribution >= 0.6 is 0 Å². The Balaban J connectivity index is 1.50. The lowest BCUT2D eigenvalue weighted by molar-refractivity contribution is 0.276. The normalized spacial score (nSPS) is 25.0. The molecule has 0 N–H and O–H groups in total. The summed E-state index contributed by atoms with van der Waals surface area (Å²) in [6.07, 6.45) is 1.40. The number of piperidine rings is 2. The fourth-order valence-corrected chi connectivity index (χ4v) is 3.98. The van der Waals surface area contributed by atoms with Gasteiger partial charge in [-0.3, -0.25) is 0 Å². The first-order valence-electron chi connectivity index (χ1n) is 7.98. The number of nitrogens with zero attached hydrogens (tertiary/aromatic N) is 2. The Morgan fingerprint density at radius 1 is 0.571 bits per heavy atom. The molecule has 21 heavy (non-hydrogen) atoms. The van der Waals surface area contributed by atoms with E-state index in [4.69, 9.17) is 0 Å². The molecule has 0 saturated carbocycles. The first-order valence-corrected chi connectivity index (χ1v) is 7.98. The van der Waals surface area contributed by atoms with Gasteiger partial charge in [-0.05, 0) is 42.5 Å². The van der Waals surface area contributed by atoms with E-state index in [2.05, 4.69) is 70.5 Å². The minimum absolute atomic E-state index is 0.790. The van der Waals surface area contributed by atoms with Gasteiger partial charge in [0.05, 0.1) is 0 Å². The zero-order chi connectivity index (χ0) is 14.1. The maximum Gasteiger partial charge on any atom is 0.0366 e. The monoisotopic (exact) mass is 278 g/mol. The first-order chi connectivity index (χ1) is 10.4. The molecule has 0 spiro atoms. The Hall–Kier alpha value is -1.96. The van der Waals surface area contributed by atoms with Crippen molar-refractivity contribution in [3.05, 3.63) is 60.7 Å². The average Bonchev–Trinajstić information content (AvgIpc) is 2.55. The number of hydrogen-bond donors (Lipinski definition) is 0. The Bertz CT molecular complexity index is 516. The summed E-state index contributed by atoms with van der Waals surface area (Å²) in [6, 6.07) is 21.8. The number of fused-ring (bicyclic) bond motifs is 2. The summed E-state index contributed by atoms with van der Waals surface area (Å²) in [5, 5.41) is 0. The van der Waals surface area contributed by atoms with E-state index in [0.717, 1.165) is 11.8 Å². The van der Waals surface area contributed by atoms with E-state index < -0.39 is 0 Å². The molecule has 0 radical (unpaired) electrons. The summed E-state index contributed by atoms with van der Waals surface area (Å²) in [4.78, 5) is 5.17. The van der Waals surface area contributed by atoms with E-state index in [1.54, 1.807) is 0 Å². The zero-order valence-electron chi connectivity index (χ0n) is 12.4. The first kappa shape index (κ1) is 12.8. The van der Waals surface area contributed by atoms with Crippen molar-refractivity contribution < 1.29 is 0 Å². The van der Waals surface area contributed by atoms with Crippen LogP contribution in [0.25, 0.3) is 0 Å². The van der Waals surface area contributed by atoms with Crippen LogP contribution in [0, 0.1) is 11.8 Å². The second-order valence-electron chi connectivity index (χ2n) is 6.45. The molecular formula is C19H22N2. The van der Waals surface area contributed by atoms with Gasteiger partial charge >= 0.3 is 0 Å². The SMILES string of the molecule is c1ccc(N2CC3CC(C2)CN(c2ccccc2)C3)cc1. The van der Waals surface area contributed by atoms with Crippen molar-refractivity contribution in [2.24, 2.45) is 11.8 Å². The highest BCUT2D eigenvalue weighted by molar-refractivity contribution is 5.49. The van der Waals surface area contributed by atoms with Gasteiger partial charge in [0, 0.05) is 37.6 Å². The van der Waals surface area contributed by atoms with Crippen molar-refractivity contribution in [1.29, 1.82) is 0 Å². The predicted octanol–water partition coefficient (Wildman–Crippen LogP) is 3.65. The van der Waals surface area contributed by atoms with Crippen LogP contribution < -0.4 is 9.80 Å². The maximum absolute atomic E-state index is 2.58. The van der Waals surface area contributed by atoms with Gasteiger partial charge in [0.2, 0.25) is 0 Å². The molecule has 0 aromatic heterocycles. The molecule has 4 rings (SSSR count). The van der Waals surface area contributed by atoms with E-state index in [-0.39, 0.29) is 0 Å². The third kappa shape index (κ3) is 2.63. The van der Waals surface area contributed by atoms with Crippen molar-refractivity contribution in [3.8, 4) is 0 Å². The van der Waals surface area contributed by atoms with Crippen LogP contribution in [0.1, 0.15) is 6.42 Å². The molecule has 2 aromatic carbocycles. The van der Waals surface area contributed by atoms with Crippen LogP contribution in [0.5, 0.6) is 0 Å². The van der Waals surface area contributed by atoms with Crippen molar-refractivity contribution in [1.82, 2.24) is 0 Å². The van der Waals surface area contributed by atoms with Gasteiger partial charge in [-0.25, -0.2) is 0 Å². The molecule has 0 atom stereocenters. The highest BCUT2D eigenvalue weighted by atomic mass is 15.2. The maximum atomic E-state index is 2.58. The summed E-state index contributed by atoms with van der Waals surface area (Å²) in [5.74, 6) is 1.58. The number of anilines is 2. The van der Waals surface area contributed by atoms with Crippen LogP contribution in [0.3, 0.4) is 0 Å². The summed E-state index contributed by atoms with van der Waals surface area (Å²) in [5.41, 5.74) is 2.78. The standard InChI is InChI=1S/C19H22N2/c1-3-7-18(8-4-1)20-12-16-11-17(13-20)15-21(14-16)19-9-5-2-6-10-19/h1-10,16-17H,11-15H2. The van der Waals surface area contributed by atoms with E-state index in [0.29, 0.717) is 0 Å². The minimum Gasteiger partial charge on any atom is -0.371 e. The molecule has 0 amide bonds. The quantitative estimate of drug-likeness (QED) is 0.827. The second-order valence-corrected chi connectivity index (χ2v) is 6.45. The zero-order valence-corrected chi connectivity index (χ0v) is 12.4. The largest absolute Gasteiger partial charge is 0.371 e. The second kappa shape index (κ2) is 5.44. The smallest absolute Gasteiger partial charge is 0.0366 e. The number of para-hydroxylation sites is 2. The van der Waals surface area contributed by atoms with Gasteiger partial charge in [0.15, 0.2) is 0 Å². The van der Waals surface area contributed by atoms with Gasteiger partial charge in [0.25, 0.3) is 0 Å².